The third kappa shape index (κ3) is 6.64. The number of carbonyl (C=O) groups excluding carboxylic acids is 2. The maximum atomic E-state index is 12.9. The van der Waals surface area contributed by atoms with Gasteiger partial charge in [-0.05, 0) is 62.6 Å². The summed E-state index contributed by atoms with van der Waals surface area (Å²) < 4.78 is 0. The van der Waals surface area contributed by atoms with E-state index in [0.29, 0.717) is 24.6 Å². The third-order valence-electron chi connectivity index (χ3n) is 7.09. The number of aryl methyl sites for hydroxylation is 2. The number of amides is 2. The first kappa shape index (κ1) is 23.4. The van der Waals surface area contributed by atoms with E-state index in [2.05, 4.69) is 41.1 Å². The lowest BCUT2D eigenvalue weighted by Gasteiger charge is -2.33. The van der Waals surface area contributed by atoms with Crippen molar-refractivity contribution in [2.45, 2.75) is 39.0 Å². The van der Waals surface area contributed by atoms with Gasteiger partial charge in [0.05, 0.1) is 6.54 Å². The number of aromatic nitrogens is 1. The number of pyridine rings is 1. The molecule has 1 aromatic heterocycles. The van der Waals surface area contributed by atoms with E-state index in [1.165, 1.54) is 17.5 Å². The zero-order valence-corrected chi connectivity index (χ0v) is 19.8. The van der Waals surface area contributed by atoms with Crippen molar-refractivity contribution < 1.29 is 9.59 Å². The summed E-state index contributed by atoms with van der Waals surface area (Å²) in [6, 6.07) is 12.4. The van der Waals surface area contributed by atoms with Crippen molar-refractivity contribution in [2.75, 3.05) is 45.8 Å². The first-order valence-electron chi connectivity index (χ1n) is 12.3. The fourth-order valence-electron chi connectivity index (χ4n) is 4.90. The summed E-state index contributed by atoms with van der Waals surface area (Å²) >= 11 is 0. The molecular weight excluding hydrogens is 412 g/mol. The molecule has 6 heteroatoms. The van der Waals surface area contributed by atoms with E-state index in [1.807, 2.05) is 9.80 Å². The second-order valence-electron chi connectivity index (χ2n) is 9.51. The predicted octanol–water partition coefficient (Wildman–Crippen LogP) is 3.41. The van der Waals surface area contributed by atoms with Crippen LogP contribution in [0.3, 0.4) is 0 Å². The van der Waals surface area contributed by atoms with E-state index in [-0.39, 0.29) is 11.8 Å². The Labute approximate surface area is 197 Å². The normalized spacial score (nSPS) is 18.2. The van der Waals surface area contributed by atoms with Crippen molar-refractivity contribution in [3.8, 4) is 0 Å². The summed E-state index contributed by atoms with van der Waals surface area (Å²) in [6.45, 7) is 7.34. The van der Waals surface area contributed by atoms with Gasteiger partial charge < -0.3 is 9.80 Å². The Bertz CT molecular complexity index is 907. The van der Waals surface area contributed by atoms with Crippen LogP contribution in [-0.4, -0.2) is 77.3 Å². The van der Waals surface area contributed by atoms with E-state index < -0.39 is 0 Å². The van der Waals surface area contributed by atoms with Crippen molar-refractivity contribution in [1.29, 1.82) is 0 Å². The van der Waals surface area contributed by atoms with Gasteiger partial charge in [-0.15, -0.1) is 0 Å². The second-order valence-corrected chi connectivity index (χ2v) is 9.51. The molecular formula is C27H36N4O2. The van der Waals surface area contributed by atoms with Gasteiger partial charge in [0.15, 0.2) is 0 Å². The molecule has 0 N–H and O–H groups in total. The topological polar surface area (TPSA) is 56.8 Å². The number of rotatable bonds is 6. The molecule has 0 atom stereocenters. The smallest absolute Gasteiger partial charge is 0.254 e. The largest absolute Gasteiger partial charge is 0.342 e. The molecule has 0 spiro atoms. The Morgan fingerprint density at radius 2 is 1.61 bits per heavy atom. The highest BCUT2D eigenvalue weighted by Crippen LogP contribution is 2.23. The molecule has 4 rings (SSSR count). The molecule has 2 fully saturated rings. The summed E-state index contributed by atoms with van der Waals surface area (Å²) in [5.74, 6) is 1.00. The van der Waals surface area contributed by atoms with E-state index in [0.717, 1.165) is 58.4 Å². The molecule has 0 aliphatic carbocycles. The molecule has 2 aliphatic rings. The maximum Gasteiger partial charge on any atom is 0.254 e. The van der Waals surface area contributed by atoms with Crippen molar-refractivity contribution >= 4 is 11.8 Å². The van der Waals surface area contributed by atoms with Gasteiger partial charge in [0, 0.05) is 57.2 Å². The van der Waals surface area contributed by atoms with Gasteiger partial charge in [0.1, 0.15) is 0 Å². The highest BCUT2D eigenvalue weighted by molar-refractivity contribution is 5.94. The third-order valence-corrected chi connectivity index (χ3v) is 7.09. The Hall–Kier alpha value is -2.73. The monoisotopic (exact) mass is 448 g/mol. The van der Waals surface area contributed by atoms with Gasteiger partial charge in [-0.3, -0.25) is 19.5 Å². The number of likely N-dealkylation sites (tertiary alicyclic amines) is 1. The lowest BCUT2D eigenvalue weighted by atomic mass is 9.90. The van der Waals surface area contributed by atoms with Crippen molar-refractivity contribution in [2.24, 2.45) is 5.92 Å². The minimum Gasteiger partial charge on any atom is -0.342 e. The summed E-state index contributed by atoms with van der Waals surface area (Å²) in [5, 5.41) is 0. The van der Waals surface area contributed by atoms with E-state index >= 15 is 0 Å². The molecule has 2 amide bonds. The Morgan fingerprint density at radius 3 is 2.33 bits per heavy atom. The highest BCUT2D eigenvalue weighted by atomic mass is 16.2. The molecule has 176 valence electrons. The van der Waals surface area contributed by atoms with Gasteiger partial charge in [-0.1, -0.05) is 29.8 Å². The quantitative estimate of drug-likeness (QED) is 0.680. The van der Waals surface area contributed by atoms with Gasteiger partial charge in [0.2, 0.25) is 5.91 Å². The molecule has 2 saturated heterocycles. The van der Waals surface area contributed by atoms with Crippen LogP contribution in [0.1, 0.15) is 47.2 Å². The molecule has 0 radical (unpaired) electrons. The Morgan fingerprint density at radius 1 is 0.879 bits per heavy atom. The Kier molecular flexibility index (Phi) is 8.10. The van der Waals surface area contributed by atoms with Crippen LogP contribution in [0.2, 0.25) is 0 Å². The molecule has 0 saturated carbocycles. The highest BCUT2D eigenvalue weighted by Gasteiger charge is 2.26. The summed E-state index contributed by atoms with van der Waals surface area (Å²) in [5.41, 5.74) is 3.40. The zero-order valence-electron chi connectivity index (χ0n) is 19.8. The molecule has 2 aromatic rings. The van der Waals surface area contributed by atoms with Gasteiger partial charge >= 0.3 is 0 Å². The van der Waals surface area contributed by atoms with Gasteiger partial charge in [0.25, 0.3) is 5.91 Å². The lowest BCUT2D eigenvalue weighted by Crippen LogP contribution is -2.45. The first-order chi connectivity index (χ1) is 16.1. The van der Waals surface area contributed by atoms with Crippen molar-refractivity contribution in [1.82, 2.24) is 19.7 Å². The minimum absolute atomic E-state index is 0.0540. The van der Waals surface area contributed by atoms with Crippen LogP contribution in [0.5, 0.6) is 0 Å². The number of hydrogen-bond donors (Lipinski definition) is 0. The SMILES string of the molecule is Cc1ccc(CCC2CCN(C(=O)CN3CCCN(C(=O)c4ccncc4)CC3)CC2)cc1. The number of piperidine rings is 1. The second kappa shape index (κ2) is 11.4. The summed E-state index contributed by atoms with van der Waals surface area (Å²) in [4.78, 5) is 35.8. The van der Waals surface area contributed by atoms with Crippen LogP contribution in [0, 0.1) is 12.8 Å². The average molecular weight is 449 g/mol. The number of nitrogens with zero attached hydrogens (tertiary/aromatic N) is 4. The van der Waals surface area contributed by atoms with E-state index in [1.54, 1.807) is 24.5 Å². The molecule has 33 heavy (non-hydrogen) atoms. The summed E-state index contributed by atoms with van der Waals surface area (Å²) in [7, 11) is 0. The van der Waals surface area contributed by atoms with Crippen LogP contribution in [0.4, 0.5) is 0 Å². The van der Waals surface area contributed by atoms with Crippen molar-refractivity contribution in [3.63, 3.8) is 0 Å². The molecule has 3 heterocycles. The van der Waals surface area contributed by atoms with Crippen LogP contribution in [0.25, 0.3) is 0 Å². The van der Waals surface area contributed by atoms with Crippen LogP contribution in [0.15, 0.2) is 48.8 Å². The maximum absolute atomic E-state index is 12.9. The van der Waals surface area contributed by atoms with E-state index in [9.17, 15) is 9.59 Å². The van der Waals surface area contributed by atoms with Gasteiger partial charge in [-0.25, -0.2) is 0 Å². The van der Waals surface area contributed by atoms with Crippen LogP contribution >= 0.6 is 0 Å². The number of hydrogen-bond acceptors (Lipinski definition) is 4. The fraction of sp³-hybridized carbons (Fsp3) is 0.519. The summed E-state index contributed by atoms with van der Waals surface area (Å²) in [6.07, 6.45) is 8.74. The molecule has 0 unspecified atom stereocenters. The first-order valence-corrected chi connectivity index (χ1v) is 12.3. The zero-order chi connectivity index (χ0) is 23.0. The molecule has 0 bridgehead atoms. The standard InChI is InChI=1S/C27H36N4O2/c1-22-3-5-23(6-4-22)7-8-24-11-17-30(18-12-24)26(32)21-29-15-2-16-31(20-19-29)27(33)25-9-13-28-14-10-25/h3-6,9-10,13-14,24H,2,7-8,11-12,15-21H2,1H3. The van der Waals surface area contributed by atoms with Crippen LogP contribution in [-0.2, 0) is 11.2 Å². The van der Waals surface area contributed by atoms with E-state index in [4.69, 9.17) is 0 Å². The van der Waals surface area contributed by atoms with Crippen LogP contribution < -0.4 is 0 Å². The van der Waals surface area contributed by atoms with Gasteiger partial charge in [-0.2, -0.15) is 0 Å². The molecule has 6 nitrogen and oxygen atoms in total. The minimum atomic E-state index is 0.0540. The Balaban J connectivity index is 1.18. The fourth-order valence-corrected chi connectivity index (χ4v) is 4.90. The number of carbonyl (C=O) groups is 2. The predicted molar refractivity (Wildman–Crippen MR) is 130 cm³/mol. The number of benzene rings is 1. The lowest BCUT2D eigenvalue weighted by molar-refractivity contribution is -0.133. The molecule has 2 aliphatic heterocycles. The molecule has 1 aromatic carbocycles. The van der Waals surface area contributed by atoms with Crippen molar-refractivity contribution in [3.05, 3.63) is 65.5 Å². The average Bonchev–Trinajstić information content (AvgIpc) is 3.09.